The van der Waals surface area contributed by atoms with Crippen LogP contribution < -0.4 is 0 Å². The van der Waals surface area contributed by atoms with Crippen LogP contribution in [-0.2, 0) is 24.0 Å². The zero-order valence-corrected chi connectivity index (χ0v) is 39.6. The van der Waals surface area contributed by atoms with Gasteiger partial charge < -0.3 is 13.6 Å². The van der Waals surface area contributed by atoms with E-state index in [0.717, 1.165) is 29.5 Å². The predicted octanol–water partition coefficient (Wildman–Crippen LogP) is 13.6. The monoisotopic (exact) mass is 795 g/mol. The van der Waals surface area contributed by atoms with Crippen molar-refractivity contribution in [3.8, 4) is 11.8 Å². The lowest BCUT2D eigenvalue weighted by atomic mass is 9.80. The molecule has 0 aliphatic carbocycles. The number of carbonyl (C=O) groups is 1. The van der Waals surface area contributed by atoms with E-state index in [1.807, 2.05) is 18.2 Å². The summed E-state index contributed by atoms with van der Waals surface area (Å²) < 4.78 is 22.0. The molecule has 3 aromatic rings. The molecule has 0 aliphatic heterocycles. The van der Waals surface area contributed by atoms with E-state index in [1.165, 1.54) is 0 Å². The van der Waals surface area contributed by atoms with Gasteiger partial charge in [-0.2, -0.15) is 0 Å². The number of hydrogen-bond donors (Lipinski definition) is 0. The maximum atomic E-state index is 14.2. The highest BCUT2D eigenvalue weighted by Crippen LogP contribution is 2.48. The highest BCUT2D eigenvalue weighted by molar-refractivity contribution is 6.75. The first-order valence-electron chi connectivity index (χ1n) is 20.9. The summed E-state index contributed by atoms with van der Waals surface area (Å²) in [6.07, 6.45) is 6.41. The molecule has 0 radical (unpaired) electrons. The van der Waals surface area contributed by atoms with Crippen LogP contribution in [0.4, 0.5) is 0 Å². The maximum absolute atomic E-state index is 14.2. The van der Waals surface area contributed by atoms with Gasteiger partial charge in [-0.3, -0.25) is 4.79 Å². The molecule has 0 saturated heterocycles. The Balaban J connectivity index is 2.12. The molecule has 0 bridgehead atoms. The Morgan fingerprint density at radius 1 is 0.661 bits per heavy atom. The number of rotatable bonds is 18. The number of Topliss-reactive ketones (excluding diaryl/α,β-unsaturated/α-hetero) is 1. The molecule has 0 fully saturated rings. The highest BCUT2D eigenvalue weighted by Gasteiger charge is 2.53. The first kappa shape index (κ1) is 47.3. The lowest BCUT2D eigenvalue weighted by Gasteiger charge is -2.52. The van der Waals surface area contributed by atoms with E-state index < -0.39 is 28.0 Å². The number of hydrogen-bond acceptors (Lipinski definition) is 4. The molecule has 0 aromatic heterocycles. The second-order valence-electron chi connectivity index (χ2n) is 19.6. The van der Waals surface area contributed by atoms with Crippen molar-refractivity contribution in [3.63, 3.8) is 0 Å². The van der Waals surface area contributed by atoms with Gasteiger partial charge in [0, 0.05) is 11.8 Å². The first-order valence-corrected chi connectivity index (χ1v) is 26.7. The van der Waals surface area contributed by atoms with Crippen LogP contribution in [0.2, 0.25) is 36.3 Å². The van der Waals surface area contributed by atoms with Gasteiger partial charge in [0.05, 0.1) is 13.0 Å². The average Bonchev–Trinajstić information content (AvgIpc) is 3.10. The molecule has 0 N–H and O–H groups in total. The van der Waals surface area contributed by atoms with Crippen LogP contribution in [0.3, 0.4) is 0 Å². The van der Waals surface area contributed by atoms with Crippen LogP contribution in [0.25, 0.3) is 0 Å². The Morgan fingerprint density at radius 3 is 1.45 bits per heavy atom. The molecule has 0 amide bonds. The van der Waals surface area contributed by atoms with Gasteiger partial charge >= 0.3 is 0 Å². The fourth-order valence-corrected chi connectivity index (χ4v) is 10.0. The van der Waals surface area contributed by atoms with Crippen molar-refractivity contribution in [1.29, 1.82) is 0 Å². The molecule has 4 nitrogen and oxygen atoms in total. The molecule has 3 rings (SSSR count). The van der Waals surface area contributed by atoms with Crippen LogP contribution in [0.1, 0.15) is 112 Å². The van der Waals surface area contributed by atoms with Crippen LogP contribution in [0, 0.1) is 35.5 Å². The Bertz CT molecular complexity index is 1610. The van der Waals surface area contributed by atoms with Crippen molar-refractivity contribution in [3.05, 3.63) is 120 Å². The molecule has 0 aliphatic rings. The summed E-state index contributed by atoms with van der Waals surface area (Å²) in [6.45, 7) is 33.8. The average molecular weight is 795 g/mol. The summed E-state index contributed by atoms with van der Waals surface area (Å²) in [5.41, 5.74) is 2.30. The Labute approximate surface area is 344 Å². The van der Waals surface area contributed by atoms with Gasteiger partial charge in [0.1, 0.15) is 5.60 Å². The summed E-state index contributed by atoms with van der Waals surface area (Å²) in [5, 5.41) is -0.226. The van der Waals surface area contributed by atoms with Gasteiger partial charge in [-0.05, 0) is 83.6 Å². The third-order valence-corrected chi connectivity index (χ3v) is 21.0. The molecule has 3 unspecified atom stereocenters. The summed E-state index contributed by atoms with van der Waals surface area (Å²) in [5.74, 6) is 6.07. The normalized spacial score (nSPS) is 15.0. The van der Waals surface area contributed by atoms with E-state index in [2.05, 4.69) is 199 Å². The van der Waals surface area contributed by atoms with Crippen molar-refractivity contribution in [2.75, 3.05) is 6.61 Å². The van der Waals surface area contributed by atoms with E-state index in [1.54, 1.807) is 0 Å². The van der Waals surface area contributed by atoms with E-state index >= 15 is 0 Å². The molecule has 306 valence electrons. The lowest BCUT2D eigenvalue weighted by molar-refractivity contribution is -0.168. The van der Waals surface area contributed by atoms with Gasteiger partial charge in [0.2, 0.25) is 5.78 Å². The Kier molecular flexibility index (Phi) is 16.6. The summed E-state index contributed by atoms with van der Waals surface area (Å²) >= 11 is 0. The molecule has 56 heavy (non-hydrogen) atoms. The second kappa shape index (κ2) is 19.6. The van der Waals surface area contributed by atoms with Gasteiger partial charge in [-0.25, -0.2) is 0 Å². The molecule has 0 spiro atoms. The largest absolute Gasteiger partial charge is 0.390 e. The minimum atomic E-state index is -2.49. The quantitative estimate of drug-likeness (QED) is 0.0321. The fraction of sp³-hybridized carbons (Fsp3) is 0.540. The van der Waals surface area contributed by atoms with Crippen molar-refractivity contribution < 1.29 is 18.4 Å². The zero-order chi connectivity index (χ0) is 42.0. The molecule has 3 atom stereocenters. The van der Waals surface area contributed by atoms with Crippen LogP contribution in [-0.4, -0.2) is 34.8 Å². The molecule has 3 aromatic carbocycles. The van der Waals surface area contributed by atoms with Crippen molar-refractivity contribution in [2.24, 2.45) is 23.7 Å². The van der Waals surface area contributed by atoms with E-state index in [9.17, 15) is 4.79 Å². The van der Waals surface area contributed by atoms with Crippen molar-refractivity contribution >= 4 is 22.4 Å². The van der Waals surface area contributed by atoms with Crippen LogP contribution >= 0.6 is 0 Å². The predicted molar refractivity (Wildman–Crippen MR) is 243 cm³/mol. The van der Waals surface area contributed by atoms with Crippen LogP contribution in [0.5, 0.6) is 0 Å². The van der Waals surface area contributed by atoms with Crippen molar-refractivity contribution in [2.45, 2.75) is 143 Å². The smallest absolute Gasteiger partial charge is 0.210 e. The minimum absolute atomic E-state index is 0.0572. The van der Waals surface area contributed by atoms with E-state index in [4.69, 9.17) is 13.6 Å². The number of benzene rings is 3. The molecule has 6 heteroatoms. The standard InChI is InChI=1S/C50H74O4Si2/c1-39(2)36-41(4)37-40(3)33-34-46(51)38-49(53-55(12,13)47(6,7)8,54-56(14,15)48(9,10)11)42(5)26-25-35-52-50(43-27-19-16-20-28-43,44-29-21-17-22-30-44)45-31-23-18-24-32-45/h16-32,39-42H,35-38H2,1-15H3. The lowest BCUT2D eigenvalue weighted by Crippen LogP contribution is -2.60. The first-order chi connectivity index (χ1) is 26.0. The molecular formula is C50H74O4Si2. The fourth-order valence-electron chi connectivity index (χ4n) is 6.99. The van der Waals surface area contributed by atoms with Crippen molar-refractivity contribution in [1.82, 2.24) is 0 Å². The highest BCUT2D eigenvalue weighted by atomic mass is 28.4. The summed E-state index contributed by atoms with van der Waals surface area (Å²) in [4.78, 5) is 14.2. The second-order valence-corrected chi connectivity index (χ2v) is 29.0. The third kappa shape index (κ3) is 12.5. The van der Waals surface area contributed by atoms with Crippen LogP contribution in [0.15, 0.2) is 103 Å². The Hall–Kier alpha value is -3.06. The maximum Gasteiger partial charge on any atom is 0.210 e. The van der Waals surface area contributed by atoms with Gasteiger partial charge in [-0.1, -0.05) is 185 Å². The topological polar surface area (TPSA) is 44.8 Å². The van der Waals surface area contributed by atoms with Gasteiger partial charge in [-0.15, -0.1) is 0 Å². The summed E-state index contributed by atoms with van der Waals surface area (Å²) in [7, 11) is -4.98. The summed E-state index contributed by atoms with van der Waals surface area (Å²) in [6, 6.07) is 31.3. The zero-order valence-electron chi connectivity index (χ0n) is 37.6. The van der Waals surface area contributed by atoms with Gasteiger partial charge in [0.25, 0.3) is 0 Å². The molecular weight excluding hydrogens is 721 g/mol. The van der Waals surface area contributed by atoms with E-state index in [-0.39, 0.29) is 34.1 Å². The molecule has 0 heterocycles. The number of ether oxygens (including phenoxy) is 1. The molecule has 0 saturated carbocycles. The van der Waals surface area contributed by atoms with Gasteiger partial charge in [0.15, 0.2) is 22.4 Å². The van der Waals surface area contributed by atoms with E-state index in [0.29, 0.717) is 18.4 Å². The Morgan fingerprint density at radius 2 is 1.07 bits per heavy atom. The number of carbonyl (C=O) groups excluding carboxylic acids is 1. The minimum Gasteiger partial charge on any atom is -0.390 e. The SMILES string of the molecule is CC(C)CC(C)CC(C)C#CC(=O)CC(O[Si](C)(C)C(C)(C)C)(O[Si](C)(C)C(C)(C)C)C(C)C=CCOC(c1ccccc1)(c1ccccc1)c1ccccc1. The third-order valence-electron chi connectivity index (χ3n) is 12.0. The number of ketones is 1.